The third-order valence-corrected chi connectivity index (χ3v) is 8.91. The van der Waals surface area contributed by atoms with Gasteiger partial charge in [0.15, 0.2) is 0 Å². The minimum Gasteiger partial charge on any atom is -0.351 e. The summed E-state index contributed by atoms with van der Waals surface area (Å²) in [6.45, 7) is 6.80. The molecule has 0 atom stereocenters. The molecule has 1 fully saturated rings. The van der Waals surface area contributed by atoms with Gasteiger partial charge in [-0.1, -0.05) is 13.0 Å². The first-order valence-electron chi connectivity index (χ1n) is 13.9. The smallest absolute Gasteiger partial charge is 0.351 e. The van der Waals surface area contributed by atoms with Gasteiger partial charge in [-0.15, -0.1) is 0 Å². The van der Waals surface area contributed by atoms with Gasteiger partial charge in [0.05, 0.1) is 17.9 Å². The number of benzene rings is 1. The molecule has 42 heavy (non-hydrogen) atoms. The Morgan fingerprint density at radius 2 is 1.83 bits per heavy atom. The molecule has 1 aliphatic rings. The van der Waals surface area contributed by atoms with Crippen molar-refractivity contribution in [3.8, 4) is 11.1 Å². The van der Waals surface area contributed by atoms with Crippen molar-refractivity contribution in [2.75, 3.05) is 29.4 Å². The molecule has 1 aliphatic carbocycles. The molecule has 0 bridgehead atoms. The van der Waals surface area contributed by atoms with Crippen molar-refractivity contribution in [2.24, 2.45) is 0 Å². The fourth-order valence-electron chi connectivity index (χ4n) is 5.21. The third kappa shape index (κ3) is 7.57. The van der Waals surface area contributed by atoms with Crippen LogP contribution in [-0.4, -0.2) is 65.5 Å². The predicted molar refractivity (Wildman–Crippen MR) is 156 cm³/mol. The number of pyridine rings is 1. The van der Waals surface area contributed by atoms with Crippen LogP contribution in [0.5, 0.6) is 0 Å². The number of hydrogen-bond acceptors (Lipinski definition) is 7. The Morgan fingerprint density at radius 3 is 2.43 bits per heavy atom. The van der Waals surface area contributed by atoms with Gasteiger partial charge in [-0.2, -0.15) is 18.2 Å². The molecular weight excluding hydrogens is 576 g/mol. The summed E-state index contributed by atoms with van der Waals surface area (Å²) in [5.41, 5.74) is -0.207. The van der Waals surface area contributed by atoms with E-state index in [1.165, 1.54) is 10.6 Å². The van der Waals surface area contributed by atoms with Crippen molar-refractivity contribution in [1.82, 2.24) is 19.4 Å². The molecule has 2 N–H and O–H groups in total. The molecule has 1 aromatic carbocycles. The van der Waals surface area contributed by atoms with Crippen molar-refractivity contribution in [3.63, 3.8) is 0 Å². The quantitative estimate of drug-likeness (QED) is 0.289. The highest BCUT2D eigenvalue weighted by Crippen LogP contribution is 2.28. The van der Waals surface area contributed by atoms with Crippen LogP contribution in [0.1, 0.15) is 58.9 Å². The van der Waals surface area contributed by atoms with Gasteiger partial charge in [-0.25, -0.2) is 17.8 Å². The SMILES string of the molecule is CCN(C)[C@H]1CC[C@H](Nc2ncc3cc(-c4ccc(NS(=O)(=O)CCC(F)(F)F)c(F)c4)c(=O)n(C(C)C)c3n2)CC1. The number of anilines is 2. The maximum absolute atomic E-state index is 14.9. The maximum Gasteiger partial charge on any atom is 0.390 e. The molecule has 0 unspecified atom stereocenters. The van der Waals surface area contributed by atoms with E-state index in [1.807, 2.05) is 18.6 Å². The largest absolute Gasteiger partial charge is 0.390 e. The minimum absolute atomic E-state index is 0.143. The van der Waals surface area contributed by atoms with E-state index >= 15 is 0 Å². The standard InChI is InChI=1S/C28H36F4N6O3S/c1-5-37(4)21-9-7-20(8-10-21)34-27-33-16-19-14-22(26(39)38(17(2)3)25(19)35-27)18-6-11-24(23(29)15-18)36-42(40,41)13-12-28(30,31)32/h6,11,14-17,20-21,36H,5,7-10,12-13H2,1-4H3,(H,33,34,35)/t20-,21-. The zero-order chi connectivity index (χ0) is 30.8. The van der Waals surface area contributed by atoms with Gasteiger partial charge in [0.25, 0.3) is 5.56 Å². The first kappa shape index (κ1) is 31.7. The van der Waals surface area contributed by atoms with Gasteiger partial charge in [0, 0.05) is 35.3 Å². The molecule has 0 radical (unpaired) electrons. The first-order valence-corrected chi connectivity index (χ1v) is 15.6. The van der Waals surface area contributed by atoms with Crippen molar-refractivity contribution < 1.29 is 26.0 Å². The summed E-state index contributed by atoms with van der Waals surface area (Å²) in [7, 11) is -2.31. The van der Waals surface area contributed by atoms with Gasteiger partial charge in [-0.05, 0) is 76.9 Å². The molecule has 4 rings (SSSR count). The number of halogens is 4. The minimum atomic E-state index is -4.67. The molecule has 230 valence electrons. The maximum atomic E-state index is 14.9. The summed E-state index contributed by atoms with van der Waals surface area (Å²) >= 11 is 0. The Hall–Kier alpha value is -3.26. The third-order valence-electron chi connectivity index (χ3n) is 7.64. The summed E-state index contributed by atoms with van der Waals surface area (Å²) < 4.78 is 79.7. The number of sulfonamides is 1. The van der Waals surface area contributed by atoms with Gasteiger partial charge in [0.1, 0.15) is 11.5 Å². The van der Waals surface area contributed by atoms with Crippen molar-refractivity contribution in [3.05, 3.63) is 46.6 Å². The molecule has 0 aliphatic heterocycles. The van der Waals surface area contributed by atoms with Gasteiger partial charge >= 0.3 is 6.18 Å². The lowest BCUT2D eigenvalue weighted by Crippen LogP contribution is -2.38. The zero-order valence-electron chi connectivity index (χ0n) is 24.0. The second kappa shape index (κ2) is 12.5. The van der Waals surface area contributed by atoms with Crippen LogP contribution in [0.15, 0.2) is 35.3 Å². The molecule has 0 spiro atoms. The molecule has 0 saturated heterocycles. The highest BCUT2D eigenvalue weighted by atomic mass is 32.2. The van der Waals surface area contributed by atoms with Crippen LogP contribution in [-0.2, 0) is 10.0 Å². The molecule has 0 amide bonds. The molecule has 1 saturated carbocycles. The number of nitrogens with one attached hydrogen (secondary N) is 2. The molecule has 2 heterocycles. The molecule has 2 aromatic heterocycles. The summed E-state index contributed by atoms with van der Waals surface area (Å²) in [5, 5.41) is 3.96. The van der Waals surface area contributed by atoms with Crippen LogP contribution < -0.4 is 15.6 Å². The van der Waals surface area contributed by atoms with Gasteiger partial charge in [-0.3, -0.25) is 14.1 Å². The number of rotatable bonds is 10. The summed E-state index contributed by atoms with van der Waals surface area (Å²) in [6, 6.07) is 5.41. The predicted octanol–water partition coefficient (Wildman–Crippen LogP) is 5.55. The first-order chi connectivity index (χ1) is 19.7. The topological polar surface area (TPSA) is 109 Å². The number of fused-ring (bicyclic) bond motifs is 1. The lowest BCUT2D eigenvalue weighted by atomic mass is 9.90. The Bertz CT molecular complexity index is 1580. The number of aromatic nitrogens is 3. The van der Waals surface area contributed by atoms with Crippen LogP contribution >= 0.6 is 0 Å². The molecular formula is C28H36F4N6O3S. The van der Waals surface area contributed by atoms with E-state index in [1.54, 1.807) is 12.3 Å². The second-order valence-corrected chi connectivity index (χ2v) is 12.8. The van der Waals surface area contributed by atoms with E-state index in [0.29, 0.717) is 23.0 Å². The Kier molecular flexibility index (Phi) is 9.46. The van der Waals surface area contributed by atoms with Gasteiger partial charge in [0.2, 0.25) is 16.0 Å². The summed E-state index contributed by atoms with van der Waals surface area (Å²) in [5.74, 6) is -1.85. The van der Waals surface area contributed by atoms with E-state index in [9.17, 15) is 30.8 Å². The molecule has 3 aromatic rings. The Balaban J connectivity index is 1.59. The number of alkyl halides is 3. The van der Waals surface area contributed by atoms with E-state index in [0.717, 1.165) is 44.4 Å². The lowest BCUT2D eigenvalue weighted by molar-refractivity contribution is -0.129. The average molecular weight is 613 g/mol. The molecule has 14 heteroatoms. The monoisotopic (exact) mass is 612 g/mol. The highest BCUT2D eigenvalue weighted by Gasteiger charge is 2.30. The van der Waals surface area contributed by atoms with E-state index in [4.69, 9.17) is 0 Å². The van der Waals surface area contributed by atoms with Crippen molar-refractivity contribution in [1.29, 1.82) is 0 Å². The number of nitrogens with zero attached hydrogens (tertiary/aromatic N) is 4. The van der Waals surface area contributed by atoms with E-state index in [-0.39, 0.29) is 23.2 Å². The summed E-state index contributed by atoms with van der Waals surface area (Å²) in [4.78, 5) is 25.1. The van der Waals surface area contributed by atoms with E-state index < -0.39 is 45.4 Å². The molecule has 9 nitrogen and oxygen atoms in total. The number of hydrogen-bond donors (Lipinski definition) is 2. The Labute approximate surface area is 242 Å². The normalized spacial score (nSPS) is 18.1. The van der Waals surface area contributed by atoms with Crippen LogP contribution in [0.3, 0.4) is 0 Å². The zero-order valence-corrected chi connectivity index (χ0v) is 24.8. The average Bonchev–Trinajstić information content (AvgIpc) is 2.92. The van der Waals surface area contributed by atoms with E-state index in [2.05, 4.69) is 34.2 Å². The second-order valence-electron chi connectivity index (χ2n) is 11.0. The van der Waals surface area contributed by atoms with Gasteiger partial charge < -0.3 is 10.2 Å². The van der Waals surface area contributed by atoms with Crippen molar-refractivity contribution in [2.45, 2.75) is 77.2 Å². The fraction of sp³-hybridized carbons (Fsp3) is 0.536. The van der Waals surface area contributed by atoms with Crippen LogP contribution in [0.4, 0.5) is 29.2 Å². The van der Waals surface area contributed by atoms with Crippen LogP contribution in [0.2, 0.25) is 0 Å². The van der Waals surface area contributed by atoms with Crippen molar-refractivity contribution >= 4 is 32.7 Å². The fourth-order valence-corrected chi connectivity index (χ4v) is 6.31. The highest BCUT2D eigenvalue weighted by molar-refractivity contribution is 7.92. The van der Waals surface area contributed by atoms with Crippen LogP contribution in [0, 0.1) is 5.82 Å². The lowest BCUT2D eigenvalue weighted by Gasteiger charge is -2.34. The Morgan fingerprint density at radius 1 is 1.14 bits per heavy atom. The van der Waals surface area contributed by atoms with Crippen LogP contribution in [0.25, 0.3) is 22.2 Å². The summed E-state index contributed by atoms with van der Waals surface area (Å²) in [6.07, 6.45) is -0.540.